The van der Waals surface area contributed by atoms with Crippen LogP contribution in [0.1, 0.15) is 23.6 Å². The zero-order valence-electron chi connectivity index (χ0n) is 18.2. The van der Waals surface area contributed by atoms with Crippen LogP contribution in [0.2, 0.25) is 10.0 Å². The predicted octanol–water partition coefficient (Wildman–Crippen LogP) is 5.82. The van der Waals surface area contributed by atoms with E-state index in [4.69, 9.17) is 37.8 Å². The maximum absolute atomic E-state index is 12.5. The minimum Gasteiger partial charge on any atom is -0.490 e. The molecule has 10 heteroatoms. The molecule has 0 unspecified atom stereocenters. The number of carboxylic acid groups (broad SMARTS) is 1. The van der Waals surface area contributed by atoms with E-state index in [1.165, 1.54) is 6.08 Å². The Balaban J connectivity index is 1.94. The Labute approximate surface area is 210 Å². The van der Waals surface area contributed by atoms with Gasteiger partial charge < -0.3 is 14.6 Å². The molecule has 34 heavy (non-hydrogen) atoms. The fourth-order valence-electron chi connectivity index (χ4n) is 3.21. The number of nitrogens with zero attached hydrogens (tertiary/aromatic N) is 1. The molecule has 2 aromatic carbocycles. The van der Waals surface area contributed by atoms with Crippen molar-refractivity contribution in [3.63, 3.8) is 0 Å². The molecular formula is C24H21Cl2NO6S. The summed E-state index contributed by atoms with van der Waals surface area (Å²) in [5.74, 6) is -0.943. The molecule has 7 nitrogen and oxygen atoms in total. The van der Waals surface area contributed by atoms with Crippen molar-refractivity contribution in [3.8, 4) is 11.5 Å². The second-order valence-electron chi connectivity index (χ2n) is 7.13. The Bertz CT molecular complexity index is 1180. The van der Waals surface area contributed by atoms with Gasteiger partial charge >= 0.3 is 5.97 Å². The molecule has 0 atom stereocenters. The molecule has 1 heterocycles. The number of carbonyl (C=O) groups is 3. The van der Waals surface area contributed by atoms with Crippen LogP contribution in [0.15, 0.2) is 47.9 Å². The first-order valence-corrected chi connectivity index (χ1v) is 11.7. The number of hydrogen-bond acceptors (Lipinski definition) is 6. The first kappa shape index (κ1) is 25.7. The van der Waals surface area contributed by atoms with Gasteiger partial charge in [0, 0.05) is 5.56 Å². The van der Waals surface area contributed by atoms with Crippen molar-refractivity contribution in [2.75, 3.05) is 13.2 Å². The molecule has 1 saturated heterocycles. The van der Waals surface area contributed by atoms with Gasteiger partial charge in [-0.05, 0) is 66.6 Å². The van der Waals surface area contributed by atoms with Crippen molar-refractivity contribution in [1.82, 2.24) is 4.90 Å². The highest BCUT2D eigenvalue weighted by Gasteiger charge is 2.36. The molecule has 0 saturated carbocycles. The van der Waals surface area contributed by atoms with Crippen LogP contribution in [0.3, 0.4) is 0 Å². The zero-order valence-corrected chi connectivity index (χ0v) is 20.5. The van der Waals surface area contributed by atoms with E-state index >= 15 is 0 Å². The van der Waals surface area contributed by atoms with E-state index in [1.807, 2.05) is 13.0 Å². The van der Waals surface area contributed by atoms with Crippen molar-refractivity contribution in [2.45, 2.75) is 20.0 Å². The summed E-state index contributed by atoms with van der Waals surface area (Å²) in [6, 6.07) is 8.73. The fourth-order valence-corrected chi connectivity index (χ4v) is 4.37. The van der Waals surface area contributed by atoms with E-state index in [9.17, 15) is 14.4 Å². The SMILES string of the molecule is C=CCc1cc(/C=C2/SC(=O)N(CC(=O)O)C2=O)cc(OCC)c1OCc1ccc(Cl)c(Cl)c1. The number of carbonyl (C=O) groups excluding carboxylic acids is 2. The minimum atomic E-state index is -1.26. The van der Waals surface area contributed by atoms with E-state index in [2.05, 4.69) is 6.58 Å². The Kier molecular flexibility index (Phi) is 8.66. The van der Waals surface area contributed by atoms with Gasteiger partial charge in [-0.2, -0.15) is 0 Å². The van der Waals surface area contributed by atoms with Gasteiger partial charge in [0.2, 0.25) is 0 Å². The largest absolute Gasteiger partial charge is 0.490 e. The highest BCUT2D eigenvalue weighted by Crippen LogP contribution is 2.38. The molecular weight excluding hydrogens is 501 g/mol. The highest BCUT2D eigenvalue weighted by molar-refractivity contribution is 8.18. The Morgan fingerprint density at radius 3 is 2.59 bits per heavy atom. The number of ether oxygens (including phenoxy) is 2. The third kappa shape index (κ3) is 6.14. The number of halogens is 2. The summed E-state index contributed by atoms with van der Waals surface area (Å²) in [4.78, 5) is 36.4. The first-order chi connectivity index (χ1) is 16.2. The summed E-state index contributed by atoms with van der Waals surface area (Å²) in [5, 5.41) is 9.18. The third-order valence-electron chi connectivity index (χ3n) is 4.65. The second kappa shape index (κ2) is 11.5. The third-order valence-corrected chi connectivity index (χ3v) is 6.30. The van der Waals surface area contributed by atoms with Gasteiger partial charge in [-0.1, -0.05) is 35.3 Å². The first-order valence-electron chi connectivity index (χ1n) is 10.2. The molecule has 178 valence electrons. The summed E-state index contributed by atoms with van der Waals surface area (Å²) in [6.07, 6.45) is 3.70. The lowest BCUT2D eigenvalue weighted by Crippen LogP contribution is -2.33. The van der Waals surface area contributed by atoms with E-state index < -0.39 is 23.7 Å². The summed E-state index contributed by atoms with van der Waals surface area (Å²) in [7, 11) is 0. The second-order valence-corrected chi connectivity index (χ2v) is 8.94. The number of aliphatic carboxylic acids is 1. The van der Waals surface area contributed by atoms with Crippen molar-refractivity contribution in [3.05, 3.63) is 74.6 Å². The lowest BCUT2D eigenvalue weighted by atomic mass is 10.0. The van der Waals surface area contributed by atoms with E-state index in [1.54, 1.807) is 30.3 Å². The molecule has 0 radical (unpaired) electrons. The van der Waals surface area contributed by atoms with Crippen LogP contribution in [-0.2, 0) is 22.6 Å². The number of benzene rings is 2. The average molecular weight is 522 g/mol. The number of imide groups is 1. The smallest absolute Gasteiger partial charge is 0.323 e. The average Bonchev–Trinajstić information content (AvgIpc) is 3.03. The quantitative estimate of drug-likeness (QED) is 0.311. The number of hydrogen-bond donors (Lipinski definition) is 1. The predicted molar refractivity (Wildman–Crippen MR) is 133 cm³/mol. The van der Waals surface area contributed by atoms with E-state index in [0.29, 0.717) is 56.8 Å². The van der Waals surface area contributed by atoms with Gasteiger partial charge in [0.05, 0.1) is 21.6 Å². The summed E-state index contributed by atoms with van der Waals surface area (Å²) in [5.41, 5.74) is 2.18. The normalized spacial score (nSPS) is 14.6. The lowest BCUT2D eigenvalue weighted by Gasteiger charge is -2.17. The van der Waals surface area contributed by atoms with Crippen LogP contribution < -0.4 is 9.47 Å². The summed E-state index contributed by atoms with van der Waals surface area (Å²) < 4.78 is 11.9. The zero-order chi connectivity index (χ0) is 24.8. The van der Waals surface area contributed by atoms with Gasteiger partial charge in [-0.25, -0.2) is 0 Å². The maximum Gasteiger partial charge on any atom is 0.323 e. The number of thioether (sulfide) groups is 1. The van der Waals surface area contributed by atoms with Crippen molar-refractivity contribution < 1.29 is 29.0 Å². The van der Waals surface area contributed by atoms with Gasteiger partial charge in [0.25, 0.3) is 11.1 Å². The molecule has 2 amide bonds. The molecule has 2 aromatic rings. The van der Waals surface area contributed by atoms with Crippen LogP contribution in [0.4, 0.5) is 4.79 Å². The molecule has 1 aliphatic heterocycles. The molecule has 0 bridgehead atoms. The molecule has 1 fully saturated rings. The van der Waals surface area contributed by atoms with Gasteiger partial charge in [0.1, 0.15) is 13.2 Å². The highest BCUT2D eigenvalue weighted by atomic mass is 35.5. The number of rotatable bonds is 10. The molecule has 0 aromatic heterocycles. The van der Waals surface area contributed by atoms with Crippen LogP contribution in [-0.4, -0.2) is 40.3 Å². The van der Waals surface area contributed by atoms with Crippen LogP contribution >= 0.6 is 35.0 Å². The number of amides is 2. The van der Waals surface area contributed by atoms with Crippen LogP contribution in [0.25, 0.3) is 6.08 Å². The molecule has 3 rings (SSSR count). The molecule has 0 spiro atoms. The molecule has 1 aliphatic rings. The number of allylic oxidation sites excluding steroid dienone is 1. The maximum atomic E-state index is 12.5. The topological polar surface area (TPSA) is 93.1 Å². The Morgan fingerprint density at radius 2 is 1.94 bits per heavy atom. The monoisotopic (exact) mass is 521 g/mol. The van der Waals surface area contributed by atoms with Crippen molar-refractivity contribution in [2.24, 2.45) is 0 Å². The van der Waals surface area contributed by atoms with Gasteiger partial charge in [0.15, 0.2) is 11.5 Å². The molecule has 0 aliphatic carbocycles. The lowest BCUT2D eigenvalue weighted by molar-refractivity contribution is -0.140. The van der Waals surface area contributed by atoms with Crippen molar-refractivity contribution >= 4 is 58.2 Å². The van der Waals surface area contributed by atoms with Gasteiger partial charge in [-0.3, -0.25) is 19.3 Å². The molecule has 1 N–H and O–H groups in total. The standard InChI is InChI=1S/C24H21Cl2NO6S/c1-3-5-16-8-15(11-20-23(30)27(12-21(28)29)24(31)34-20)10-19(32-4-2)22(16)33-13-14-6-7-17(25)18(26)9-14/h3,6-11H,1,4-5,12-13H2,2H3,(H,28,29)/b20-11+. The van der Waals surface area contributed by atoms with E-state index in [-0.39, 0.29) is 11.5 Å². The van der Waals surface area contributed by atoms with Crippen molar-refractivity contribution in [1.29, 1.82) is 0 Å². The number of carboxylic acids is 1. The van der Waals surface area contributed by atoms with Crippen LogP contribution in [0, 0.1) is 0 Å². The van der Waals surface area contributed by atoms with Gasteiger partial charge in [-0.15, -0.1) is 6.58 Å². The minimum absolute atomic E-state index is 0.128. The Morgan fingerprint density at radius 1 is 1.18 bits per heavy atom. The Hall–Kier alpha value is -2.94. The van der Waals surface area contributed by atoms with E-state index in [0.717, 1.165) is 11.1 Å². The summed E-state index contributed by atoms with van der Waals surface area (Å²) in [6.45, 7) is 5.53. The van der Waals surface area contributed by atoms with Crippen LogP contribution in [0.5, 0.6) is 11.5 Å². The summed E-state index contributed by atoms with van der Waals surface area (Å²) >= 11 is 12.8. The fraction of sp³-hybridized carbons (Fsp3) is 0.208.